The molecule has 0 aliphatic heterocycles. The van der Waals surface area contributed by atoms with Crippen LogP contribution in [0.2, 0.25) is 0 Å². The first-order valence-corrected chi connectivity index (χ1v) is 9.79. The van der Waals surface area contributed by atoms with Gasteiger partial charge >= 0.3 is 0 Å². The number of carbonyl (C=O) groups is 1. The van der Waals surface area contributed by atoms with Crippen molar-refractivity contribution in [3.05, 3.63) is 47.5 Å². The highest BCUT2D eigenvalue weighted by Gasteiger charge is 2.24. The van der Waals surface area contributed by atoms with Crippen LogP contribution in [0, 0.1) is 0 Å². The van der Waals surface area contributed by atoms with Crippen LogP contribution in [0.4, 0.5) is 0 Å². The SMILES string of the molecule is CNC(=O)c1cc(S(=O)(=O)N(C)Cc2ccc(OC)c(OC)c2)ccc1OC. The Morgan fingerprint density at radius 1 is 0.964 bits per heavy atom. The zero-order valence-electron chi connectivity index (χ0n) is 16.5. The van der Waals surface area contributed by atoms with Crippen LogP contribution >= 0.6 is 0 Å². The number of benzene rings is 2. The molecule has 0 saturated heterocycles. The molecule has 0 atom stereocenters. The molecule has 9 heteroatoms. The molecule has 2 aromatic rings. The van der Waals surface area contributed by atoms with E-state index < -0.39 is 15.9 Å². The second-order valence-electron chi connectivity index (χ2n) is 5.89. The van der Waals surface area contributed by atoms with Crippen LogP contribution in [0.25, 0.3) is 0 Å². The molecule has 0 aromatic heterocycles. The van der Waals surface area contributed by atoms with Gasteiger partial charge in [0.1, 0.15) is 5.75 Å². The van der Waals surface area contributed by atoms with Crippen LogP contribution in [0.15, 0.2) is 41.3 Å². The molecular weight excluding hydrogens is 384 g/mol. The molecule has 0 aliphatic carbocycles. The molecular formula is C19H24N2O6S. The van der Waals surface area contributed by atoms with Crippen LogP contribution < -0.4 is 19.5 Å². The van der Waals surface area contributed by atoms with Crippen molar-refractivity contribution in [2.24, 2.45) is 0 Å². The Kier molecular flexibility index (Phi) is 6.87. The zero-order chi connectivity index (χ0) is 20.9. The third kappa shape index (κ3) is 4.37. The lowest BCUT2D eigenvalue weighted by Crippen LogP contribution is -2.27. The van der Waals surface area contributed by atoms with Gasteiger partial charge in [0.15, 0.2) is 11.5 Å². The van der Waals surface area contributed by atoms with Crippen LogP contribution in [0.3, 0.4) is 0 Å². The van der Waals surface area contributed by atoms with Crippen molar-refractivity contribution in [3.63, 3.8) is 0 Å². The van der Waals surface area contributed by atoms with Gasteiger partial charge < -0.3 is 19.5 Å². The molecule has 0 heterocycles. The maximum absolute atomic E-state index is 13.0. The quantitative estimate of drug-likeness (QED) is 0.717. The normalized spacial score (nSPS) is 11.2. The molecule has 0 spiro atoms. The molecule has 152 valence electrons. The van der Waals surface area contributed by atoms with Gasteiger partial charge in [-0.3, -0.25) is 4.79 Å². The van der Waals surface area contributed by atoms with Gasteiger partial charge in [-0.05, 0) is 35.9 Å². The van der Waals surface area contributed by atoms with Gasteiger partial charge in [-0.15, -0.1) is 0 Å². The first-order valence-electron chi connectivity index (χ1n) is 8.35. The molecule has 2 aromatic carbocycles. The van der Waals surface area contributed by atoms with E-state index in [-0.39, 0.29) is 17.0 Å². The third-order valence-corrected chi connectivity index (χ3v) is 6.00. The standard InChI is InChI=1S/C19H24N2O6S/c1-20-19(22)15-11-14(7-9-16(15)25-3)28(23,24)21(2)12-13-6-8-17(26-4)18(10-13)27-5/h6-11H,12H2,1-5H3,(H,20,22). The molecule has 0 radical (unpaired) electrons. The van der Waals surface area contributed by atoms with Crippen molar-refractivity contribution in [3.8, 4) is 17.2 Å². The smallest absolute Gasteiger partial charge is 0.254 e. The van der Waals surface area contributed by atoms with Crippen molar-refractivity contribution < 1.29 is 27.4 Å². The lowest BCUT2D eigenvalue weighted by Gasteiger charge is -2.19. The first-order chi connectivity index (χ1) is 13.3. The lowest BCUT2D eigenvalue weighted by atomic mass is 10.2. The number of ether oxygens (including phenoxy) is 3. The monoisotopic (exact) mass is 408 g/mol. The predicted molar refractivity (Wildman–Crippen MR) is 105 cm³/mol. The van der Waals surface area contributed by atoms with E-state index >= 15 is 0 Å². The van der Waals surface area contributed by atoms with Gasteiger partial charge in [0.25, 0.3) is 5.91 Å². The molecule has 28 heavy (non-hydrogen) atoms. The Labute approximate surface area is 165 Å². The minimum atomic E-state index is -3.84. The van der Waals surface area contributed by atoms with Crippen molar-refractivity contribution in [1.29, 1.82) is 0 Å². The van der Waals surface area contributed by atoms with E-state index in [0.717, 1.165) is 5.56 Å². The van der Waals surface area contributed by atoms with E-state index in [4.69, 9.17) is 14.2 Å². The number of sulfonamides is 1. The number of methoxy groups -OCH3 is 3. The summed E-state index contributed by atoms with van der Waals surface area (Å²) in [6.45, 7) is 0.115. The maximum Gasteiger partial charge on any atom is 0.254 e. The van der Waals surface area contributed by atoms with Gasteiger partial charge in [0.2, 0.25) is 10.0 Å². The van der Waals surface area contributed by atoms with E-state index in [2.05, 4.69) is 5.32 Å². The summed E-state index contributed by atoms with van der Waals surface area (Å²) in [7, 11) is 3.56. The van der Waals surface area contributed by atoms with Gasteiger partial charge in [0.05, 0.1) is 31.8 Å². The Bertz CT molecular complexity index is 959. The molecule has 0 fully saturated rings. The second-order valence-corrected chi connectivity index (χ2v) is 7.94. The Morgan fingerprint density at radius 2 is 1.57 bits per heavy atom. The first kappa shape index (κ1) is 21.5. The molecule has 1 N–H and O–H groups in total. The van der Waals surface area contributed by atoms with Crippen molar-refractivity contribution in [1.82, 2.24) is 9.62 Å². The molecule has 2 rings (SSSR count). The second kappa shape index (κ2) is 8.94. The topological polar surface area (TPSA) is 94.2 Å². The molecule has 8 nitrogen and oxygen atoms in total. The lowest BCUT2D eigenvalue weighted by molar-refractivity contribution is 0.0960. The van der Waals surface area contributed by atoms with E-state index in [9.17, 15) is 13.2 Å². The number of hydrogen-bond donors (Lipinski definition) is 1. The fourth-order valence-corrected chi connectivity index (χ4v) is 3.85. The number of rotatable bonds is 8. The summed E-state index contributed by atoms with van der Waals surface area (Å²) >= 11 is 0. The van der Waals surface area contributed by atoms with Gasteiger partial charge in [0, 0.05) is 20.6 Å². The number of amides is 1. The summed E-state index contributed by atoms with van der Waals surface area (Å²) in [6.07, 6.45) is 0. The molecule has 0 aliphatic rings. The van der Waals surface area contributed by atoms with Crippen molar-refractivity contribution in [2.45, 2.75) is 11.4 Å². The number of nitrogens with zero attached hydrogens (tertiary/aromatic N) is 1. The van der Waals surface area contributed by atoms with Crippen molar-refractivity contribution in [2.75, 3.05) is 35.4 Å². The van der Waals surface area contributed by atoms with E-state index in [1.54, 1.807) is 18.2 Å². The molecule has 0 bridgehead atoms. The molecule has 0 unspecified atom stereocenters. The number of hydrogen-bond acceptors (Lipinski definition) is 6. The number of nitrogens with one attached hydrogen (secondary N) is 1. The number of carbonyl (C=O) groups excluding carboxylic acids is 1. The van der Waals surface area contributed by atoms with E-state index in [1.165, 1.54) is 57.9 Å². The summed E-state index contributed by atoms with van der Waals surface area (Å²) in [5, 5.41) is 2.47. The largest absolute Gasteiger partial charge is 0.496 e. The van der Waals surface area contributed by atoms with Crippen LogP contribution in [0.5, 0.6) is 17.2 Å². The average molecular weight is 408 g/mol. The fraction of sp³-hybridized carbons (Fsp3) is 0.316. The van der Waals surface area contributed by atoms with E-state index in [1.807, 2.05) is 0 Å². The van der Waals surface area contributed by atoms with Crippen LogP contribution in [0.1, 0.15) is 15.9 Å². The van der Waals surface area contributed by atoms with Crippen LogP contribution in [-0.4, -0.2) is 54.1 Å². The summed E-state index contributed by atoms with van der Waals surface area (Å²) < 4.78 is 42.7. The summed E-state index contributed by atoms with van der Waals surface area (Å²) in [6, 6.07) is 9.36. The highest BCUT2D eigenvalue weighted by Crippen LogP contribution is 2.29. The Balaban J connectivity index is 2.35. The summed E-state index contributed by atoms with van der Waals surface area (Å²) in [4.78, 5) is 12.0. The molecule has 0 saturated carbocycles. The highest BCUT2D eigenvalue weighted by molar-refractivity contribution is 7.89. The van der Waals surface area contributed by atoms with Crippen molar-refractivity contribution >= 4 is 15.9 Å². The summed E-state index contributed by atoms with van der Waals surface area (Å²) in [5.74, 6) is 0.927. The minimum Gasteiger partial charge on any atom is -0.496 e. The minimum absolute atomic E-state index is 0.00474. The average Bonchev–Trinajstić information content (AvgIpc) is 2.72. The fourth-order valence-electron chi connectivity index (χ4n) is 2.66. The van der Waals surface area contributed by atoms with Gasteiger partial charge in [-0.2, -0.15) is 4.31 Å². The van der Waals surface area contributed by atoms with Gasteiger partial charge in [-0.25, -0.2) is 8.42 Å². The van der Waals surface area contributed by atoms with Crippen LogP contribution in [-0.2, 0) is 16.6 Å². The Morgan fingerprint density at radius 3 is 2.14 bits per heavy atom. The summed E-state index contributed by atoms with van der Waals surface area (Å²) in [5.41, 5.74) is 0.870. The van der Waals surface area contributed by atoms with E-state index in [0.29, 0.717) is 17.2 Å². The zero-order valence-corrected chi connectivity index (χ0v) is 17.3. The third-order valence-electron chi connectivity index (χ3n) is 4.20. The van der Waals surface area contributed by atoms with Gasteiger partial charge in [-0.1, -0.05) is 6.07 Å². The Hall–Kier alpha value is -2.78. The predicted octanol–water partition coefficient (Wildman–Crippen LogP) is 1.89. The highest BCUT2D eigenvalue weighted by atomic mass is 32.2. The maximum atomic E-state index is 13.0. The molecule has 1 amide bonds.